The first-order chi connectivity index (χ1) is 8.46. The molecule has 0 aromatic rings. The fraction of sp³-hybridized carbons (Fsp3) is 0.929. The molecule has 0 radical (unpaired) electrons. The Morgan fingerprint density at radius 1 is 1.39 bits per heavy atom. The Bertz CT molecular complexity index is 297. The maximum Gasteiger partial charge on any atom is 0.336 e. The number of rotatable bonds is 2. The molecule has 0 aromatic carbocycles. The molecule has 2 aliphatic rings. The molecule has 0 aromatic heterocycles. The Labute approximate surface area is 109 Å². The van der Waals surface area contributed by atoms with E-state index in [0.717, 1.165) is 19.4 Å². The van der Waals surface area contributed by atoms with Crippen LogP contribution in [-0.2, 0) is 14.3 Å². The molecule has 1 heterocycles. The van der Waals surface area contributed by atoms with Gasteiger partial charge in [-0.2, -0.15) is 0 Å². The van der Waals surface area contributed by atoms with E-state index in [2.05, 4.69) is 26.1 Å². The zero-order valence-electron chi connectivity index (χ0n) is 11.7. The van der Waals surface area contributed by atoms with Crippen LogP contribution in [0.3, 0.4) is 0 Å². The third-order valence-electron chi connectivity index (χ3n) is 3.82. The van der Waals surface area contributed by atoms with Gasteiger partial charge < -0.3 is 14.8 Å². The monoisotopic (exact) mass is 255 g/mol. The van der Waals surface area contributed by atoms with Gasteiger partial charge in [-0.25, -0.2) is 4.79 Å². The molecule has 2 rings (SSSR count). The molecular formula is C14H25NO3. The number of esters is 1. The molecule has 4 nitrogen and oxygen atoms in total. The van der Waals surface area contributed by atoms with E-state index in [0.29, 0.717) is 19.1 Å². The molecule has 1 saturated carbocycles. The van der Waals surface area contributed by atoms with E-state index in [1.165, 1.54) is 6.42 Å². The highest BCUT2D eigenvalue weighted by Gasteiger charge is 2.35. The molecule has 1 saturated heterocycles. The molecule has 1 aliphatic carbocycles. The molecule has 1 aliphatic heterocycles. The lowest BCUT2D eigenvalue weighted by molar-refractivity contribution is -0.168. The summed E-state index contributed by atoms with van der Waals surface area (Å²) in [6.45, 7) is 8.72. The molecule has 3 unspecified atom stereocenters. The third kappa shape index (κ3) is 3.69. The Hall–Kier alpha value is -0.610. The number of hydrogen-bond donors (Lipinski definition) is 1. The minimum Gasteiger partial charge on any atom is -0.460 e. The molecular weight excluding hydrogens is 230 g/mol. The van der Waals surface area contributed by atoms with Crippen molar-refractivity contribution >= 4 is 5.97 Å². The average molecular weight is 255 g/mol. The van der Waals surface area contributed by atoms with Crippen LogP contribution in [0.5, 0.6) is 0 Å². The molecule has 0 spiro atoms. The third-order valence-corrected chi connectivity index (χ3v) is 3.82. The Balaban J connectivity index is 1.86. The van der Waals surface area contributed by atoms with E-state index in [4.69, 9.17) is 9.47 Å². The standard InChI is InChI=1S/C14H25NO3/c1-10-6-11(8-14(2,3)7-10)18-13(16)12-9-15-4-5-17-12/h10-12,15H,4-9H2,1-3H3. The van der Waals surface area contributed by atoms with Crippen LogP contribution in [0.2, 0.25) is 0 Å². The predicted octanol–water partition coefficient (Wildman–Crippen LogP) is 1.73. The van der Waals surface area contributed by atoms with Crippen molar-refractivity contribution in [3.8, 4) is 0 Å². The smallest absolute Gasteiger partial charge is 0.336 e. The number of carbonyl (C=O) groups excluding carboxylic acids is 1. The lowest BCUT2D eigenvalue weighted by Gasteiger charge is -2.39. The summed E-state index contributed by atoms with van der Waals surface area (Å²) in [5.74, 6) is 0.425. The van der Waals surface area contributed by atoms with Crippen LogP contribution < -0.4 is 5.32 Å². The van der Waals surface area contributed by atoms with Crippen molar-refractivity contribution in [3.05, 3.63) is 0 Å². The maximum absolute atomic E-state index is 12.0. The van der Waals surface area contributed by atoms with Gasteiger partial charge in [-0.05, 0) is 30.6 Å². The Morgan fingerprint density at radius 2 is 2.17 bits per heavy atom. The summed E-state index contributed by atoms with van der Waals surface area (Å²) < 4.78 is 11.1. The van der Waals surface area contributed by atoms with Gasteiger partial charge in [-0.3, -0.25) is 0 Å². The van der Waals surface area contributed by atoms with E-state index in [9.17, 15) is 4.79 Å². The van der Waals surface area contributed by atoms with Crippen molar-refractivity contribution in [2.24, 2.45) is 11.3 Å². The van der Waals surface area contributed by atoms with Crippen LogP contribution in [0.15, 0.2) is 0 Å². The van der Waals surface area contributed by atoms with Gasteiger partial charge in [-0.1, -0.05) is 20.8 Å². The Morgan fingerprint density at radius 3 is 2.78 bits per heavy atom. The van der Waals surface area contributed by atoms with Gasteiger partial charge in [0.1, 0.15) is 6.10 Å². The summed E-state index contributed by atoms with van der Waals surface area (Å²) in [6.07, 6.45) is 2.79. The first-order valence-corrected chi connectivity index (χ1v) is 6.99. The van der Waals surface area contributed by atoms with Crippen LogP contribution in [0.4, 0.5) is 0 Å². The Kier molecular flexibility index (Phi) is 4.28. The predicted molar refractivity (Wildman–Crippen MR) is 69.3 cm³/mol. The number of carbonyl (C=O) groups is 1. The molecule has 1 N–H and O–H groups in total. The van der Waals surface area contributed by atoms with Crippen molar-refractivity contribution in [3.63, 3.8) is 0 Å². The fourth-order valence-electron chi connectivity index (χ4n) is 3.31. The van der Waals surface area contributed by atoms with Crippen molar-refractivity contribution in [2.45, 2.75) is 52.2 Å². The van der Waals surface area contributed by atoms with E-state index in [1.54, 1.807) is 0 Å². The van der Waals surface area contributed by atoms with Crippen molar-refractivity contribution < 1.29 is 14.3 Å². The topological polar surface area (TPSA) is 47.6 Å². The highest BCUT2D eigenvalue weighted by molar-refractivity contribution is 5.75. The summed E-state index contributed by atoms with van der Waals surface area (Å²) in [5.41, 5.74) is 0.272. The van der Waals surface area contributed by atoms with Crippen LogP contribution in [0, 0.1) is 11.3 Å². The summed E-state index contributed by atoms with van der Waals surface area (Å²) in [7, 11) is 0. The first-order valence-electron chi connectivity index (χ1n) is 6.99. The normalized spacial score (nSPS) is 36.1. The minimum atomic E-state index is -0.418. The van der Waals surface area contributed by atoms with Crippen molar-refractivity contribution in [1.82, 2.24) is 5.32 Å². The number of nitrogens with one attached hydrogen (secondary N) is 1. The molecule has 4 heteroatoms. The lowest BCUT2D eigenvalue weighted by atomic mass is 9.71. The molecule has 0 bridgehead atoms. The highest BCUT2D eigenvalue weighted by Crippen LogP contribution is 2.39. The van der Waals surface area contributed by atoms with Gasteiger partial charge in [0.05, 0.1) is 6.61 Å². The van der Waals surface area contributed by atoms with E-state index >= 15 is 0 Å². The summed E-state index contributed by atoms with van der Waals surface area (Å²) in [5, 5.41) is 3.15. The van der Waals surface area contributed by atoms with Gasteiger partial charge in [0.15, 0.2) is 6.10 Å². The van der Waals surface area contributed by atoms with Gasteiger partial charge in [0, 0.05) is 13.1 Å². The van der Waals surface area contributed by atoms with Gasteiger partial charge in [-0.15, -0.1) is 0 Å². The van der Waals surface area contributed by atoms with Gasteiger partial charge in [0.25, 0.3) is 0 Å². The van der Waals surface area contributed by atoms with Crippen LogP contribution in [0.25, 0.3) is 0 Å². The van der Waals surface area contributed by atoms with E-state index in [-0.39, 0.29) is 17.5 Å². The van der Waals surface area contributed by atoms with Crippen LogP contribution >= 0.6 is 0 Å². The fourth-order valence-corrected chi connectivity index (χ4v) is 3.31. The van der Waals surface area contributed by atoms with Crippen molar-refractivity contribution in [1.29, 1.82) is 0 Å². The SMILES string of the molecule is CC1CC(OC(=O)C2CNCCO2)CC(C)(C)C1. The van der Waals surface area contributed by atoms with Gasteiger partial charge in [0.2, 0.25) is 0 Å². The molecule has 3 atom stereocenters. The number of hydrogen-bond acceptors (Lipinski definition) is 4. The summed E-state index contributed by atoms with van der Waals surface area (Å²) >= 11 is 0. The van der Waals surface area contributed by atoms with Gasteiger partial charge >= 0.3 is 5.97 Å². The number of ether oxygens (including phenoxy) is 2. The zero-order chi connectivity index (χ0) is 13.2. The van der Waals surface area contributed by atoms with E-state index < -0.39 is 6.10 Å². The van der Waals surface area contributed by atoms with E-state index in [1.807, 2.05) is 0 Å². The zero-order valence-corrected chi connectivity index (χ0v) is 11.7. The maximum atomic E-state index is 12.0. The quantitative estimate of drug-likeness (QED) is 0.763. The molecule has 0 amide bonds. The largest absolute Gasteiger partial charge is 0.460 e. The van der Waals surface area contributed by atoms with Crippen LogP contribution in [0.1, 0.15) is 40.0 Å². The molecule has 18 heavy (non-hydrogen) atoms. The second-order valence-electron chi connectivity index (χ2n) is 6.54. The first kappa shape index (κ1) is 13.8. The van der Waals surface area contributed by atoms with Crippen LogP contribution in [-0.4, -0.2) is 37.9 Å². The minimum absolute atomic E-state index is 0.0572. The second kappa shape index (κ2) is 5.57. The average Bonchev–Trinajstić information content (AvgIpc) is 2.27. The molecule has 104 valence electrons. The summed E-state index contributed by atoms with van der Waals surface area (Å²) in [6, 6.07) is 0. The highest BCUT2D eigenvalue weighted by atomic mass is 16.6. The second-order valence-corrected chi connectivity index (χ2v) is 6.54. The summed E-state index contributed by atoms with van der Waals surface area (Å²) in [4.78, 5) is 12.0. The lowest BCUT2D eigenvalue weighted by Crippen LogP contribution is -2.45. The van der Waals surface area contributed by atoms with Crippen molar-refractivity contribution in [2.75, 3.05) is 19.7 Å². The molecule has 2 fully saturated rings. The number of morpholine rings is 1.